The molecule has 0 aromatic rings. The van der Waals surface area contributed by atoms with Gasteiger partial charge in [-0.05, 0) is 27.7 Å². The molecule has 0 radical (unpaired) electrons. The minimum atomic E-state index is -0.630. The molecule has 2 heterocycles. The molecule has 1 amide bonds. The van der Waals surface area contributed by atoms with Crippen LogP contribution in [-0.2, 0) is 14.2 Å². The summed E-state index contributed by atoms with van der Waals surface area (Å²) in [7, 11) is 0. The van der Waals surface area contributed by atoms with Crippen molar-refractivity contribution < 1.29 is 19.0 Å². The predicted octanol–water partition coefficient (Wildman–Crippen LogP) is 2.15. The second kappa shape index (κ2) is 5.27. The number of carbonyl (C=O) groups excluding carboxylic acids is 1. The standard InChI is InChI=1S/C15H23NO4/c1-6-12-10-15(18-7-8-19-15)9-11(2)16(12)13(17)20-14(3,4)5/h1,11-12H,7-10H2,2-5H3/t11-,12+/m0/s1. The lowest BCUT2D eigenvalue weighted by Crippen LogP contribution is -2.57. The van der Waals surface area contributed by atoms with Crippen molar-refractivity contribution in [1.82, 2.24) is 4.90 Å². The molecule has 5 heteroatoms. The van der Waals surface area contributed by atoms with E-state index in [1.807, 2.05) is 27.7 Å². The predicted molar refractivity (Wildman–Crippen MR) is 74.0 cm³/mol. The van der Waals surface area contributed by atoms with Crippen LogP contribution in [0.25, 0.3) is 0 Å². The summed E-state index contributed by atoms with van der Waals surface area (Å²) in [6, 6.07) is -0.454. The SMILES string of the molecule is C#C[C@@H]1CC2(C[C@H](C)N1C(=O)OC(C)(C)C)OCCO2. The lowest BCUT2D eigenvalue weighted by molar-refractivity contribution is -0.199. The summed E-state index contributed by atoms with van der Waals surface area (Å²) in [6.07, 6.45) is 6.33. The molecule has 1 spiro atoms. The molecule has 2 atom stereocenters. The van der Waals surface area contributed by atoms with E-state index in [2.05, 4.69) is 5.92 Å². The van der Waals surface area contributed by atoms with E-state index in [-0.39, 0.29) is 18.2 Å². The van der Waals surface area contributed by atoms with Gasteiger partial charge in [-0.25, -0.2) is 4.79 Å². The van der Waals surface area contributed by atoms with Crippen LogP contribution >= 0.6 is 0 Å². The Morgan fingerprint density at radius 1 is 1.35 bits per heavy atom. The monoisotopic (exact) mass is 281 g/mol. The molecular formula is C15H23NO4. The van der Waals surface area contributed by atoms with Gasteiger partial charge in [0.2, 0.25) is 0 Å². The highest BCUT2D eigenvalue weighted by atomic mass is 16.7. The van der Waals surface area contributed by atoms with Gasteiger partial charge in [0.25, 0.3) is 0 Å². The topological polar surface area (TPSA) is 48.0 Å². The summed E-state index contributed by atoms with van der Waals surface area (Å²) in [5, 5.41) is 0. The van der Waals surface area contributed by atoms with Crippen molar-refractivity contribution in [1.29, 1.82) is 0 Å². The molecule has 0 N–H and O–H groups in total. The zero-order valence-electron chi connectivity index (χ0n) is 12.6. The average Bonchev–Trinajstić information content (AvgIpc) is 2.73. The number of hydrogen-bond acceptors (Lipinski definition) is 4. The van der Waals surface area contributed by atoms with Crippen LogP contribution in [0.5, 0.6) is 0 Å². The zero-order valence-corrected chi connectivity index (χ0v) is 12.6. The van der Waals surface area contributed by atoms with Gasteiger partial charge in [0.05, 0.1) is 13.2 Å². The van der Waals surface area contributed by atoms with Gasteiger partial charge in [-0.1, -0.05) is 5.92 Å². The van der Waals surface area contributed by atoms with Crippen LogP contribution in [0.2, 0.25) is 0 Å². The molecule has 2 aliphatic rings. The summed E-state index contributed by atoms with van der Waals surface area (Å²) in [6.45, 7) is 8.63. The molecule has 0 aromatic carbocycles. The second-order valence-electron chi connectivity index (χ2n) is 6.43. The first-order valence-corrected chi connectivity index (χ1v) is 7.02. The van der Waals surface area contributed by atoms with E-state index in [0.717, 1.165) is 0 Å². The maximum absolute atomic E-state index is 12.3. The molecule has 2 aliphatic heterocycles. The lowest BCUT2D eigenvalue weighted by Gasteiger charge is -2.45. The van der Waals surface area contributed by atoms with E-state index in [9.17, 15) is 4.79 Å². The Morgan fingerprint density at radius 2 is 1.95 bits per heavy atom. The maximum atomic E-state index is 12.3. The molecule has 0 unspecified atom stereocenters. The third-order valence-corrected chi connectivity index (χ3v) is 3.53. The van der Waals surface area contributed by atoms with Crippen LogP contribution in [0.4, 0.5) is 4.79 Å². The fraction of sp³-hybridized carbons (Fsp3) is 0.800. The van der Waals surface area contributed by atoms with Crippen molar-refractivity contribution >= 4 is 6.09 Å². The number of nitrogens with zero attached hydrogens (tertiary/aromatic N) is 1. The number of hydrogen-bond donors (Lipinski definition) is 0. The fourth-order valence-corrected chi connectivity index (χ4v) is 2.83. The molecule has 5 nitrogen and oxygen atoms in total. The minimum Gasteiger partial charge on any atom is -0.444 e. The first-order valence-electron chi connectivity index (χ1n) is 7.02. The normalized spacial score (nSPS) is 29.2. The van der Waals surface area contributed by atoms with Gasteiger partial charge >= 0.3 is 6.09 Å². The molecule has 2 rings (SSSR count). The first-order chi connectivity index (χ1) is 9.26. The molecule has 0 aromatic heterocycles. The molecule has 112 valence electrons. The maximum Gasteiger partial charge on any atom is 0.411 e. The summed E-state index contributed by atoms with van der Waals surface area (Å²) < 4.78 is 16.9. The van der Waals surface area contributed by atoms with Crippen molar-refractivity contribution in [3.63, 3.8) is 0 Å². The quantitative estimate of drug-likeness (QED) is 0.638. The summed E-state index contributed by atoms with van der Waals surface area (Å²) in [5.74, 6) is 2.04. The molecule has 0 bridgehead atoms. The molecule has 0 saturated carbocycles. The largest absolute Gasteiger partial charge is 0.444 e. The van der Waals surface area contributed by atoms with Gasteiger partial charge in [0, 0.05) is 18.9 Å². The number of ether oxygens (including phenoxy) is 3. The number of rotatable bonds is 0. The Morgan fingerprint density at radius 3 is 2.45 bits per heavy atom. The lowest BCUT2D eigenvalue weighted by atomic mass is 9.91. The highest BCUT2D eigenvalue weighted by Crippen LogP contribution is 2.38. The van der Waals surface area contributed by atoms with E-state index in [1.165, 1.54) is 0 Å². The van der Waals surface area contributed by atoms with Crippen molar-refractivity contribution in [2.75, 3.05) is 13.2 Å². The van der Waals surface area contributed by atoms with E-state index >= 15 is 0 Å². The van der Waals surface area contributed by atoms with E-state index in [4.69, 9.17) is 20.6 Å². The van der Waals surface area contributed by atoms with Crippen molar-refractivity contribution in [2.24, 2.45) is 0 Å². The van der Waals surface area contributed by atoms with Crippen LogP contribution < -0.4 is 0 Å². The van der Waals surface area contributed by atoms with E-state index in [0.29, 0.717) is 26.1 Å². The third-order valence-electron chi connectivity index (χ3n) is 3.53. The van der Waals surface area contributed by atoms with Gasteiger partial charge in [-0.15, -0.1) is 6.42 Å². The van der Waals surface area contributed by atoms with Crippen molar-refractivity contribution in [2.45, 2.75) is 64.0 Å². The summed E-state index contributed by atoms with van der Waals surface area (Å²) in [4.78, 5) is 13.9. The number of piperidine rings is 1. The highest BCUT2D eigenvalue weighted by Gasteiger charge is 2.49. The second-order valence-corrected chi connectivity index (χ2v) is 6.43. The average molecular weight is 281 g/mol. The minimum absolute atomic E-state index is 0.0854. The third kappa shape index (κ3) is 3.08. The molecule has 20 heavy (non-hydrogen) atoms. The molecule has 2 fully saturated rings. The van der Waals surface area contributed by atoms with Gasteiger partial charge in [-0.2, -0.15) is 0 Å². The molecular weight excluding hydrogens is 258 g/mol. The highest BCUT2D eigenvalue weighted by molar-refractivity contribution is 5.69. The van der Waals surface area contributed by atoms with Gasteiger partial charge < -0.3 is 14.2 Å². The number of terminal acetylenes is 1. The first kappa shape index (κ1) is 15.1. The fourth-order valence-electron chi connectivity index (χ4n) is 2.83. The Kier molecular flexibility index (Phi) is 3.99. The van der Waals surface area contributed by atoms with Crippen LogP contribution in [0.1, 0.15) is 40.5 Å². The summed E-state index contributed by atoms with van der Waals surface area (Å²) >= 11 is 0. The molecule has 0 aliphatic carbocycles. The van der Waals surface area contributed by atoms with Crippen LogP contribution in [-0.4, -0.2) is 47.7 Å². The number of amides is 1. The van der Waals surface area contributed by atoms with E-state index in [1.54, 1.807) is 4.90 Å². The van der Waals surface area contributed by atoms with Crippen LogP contribution in [0.3, 0.4) is 0 Å². The Bertz CT molecular complexity index is 415. The van der Waals surface area contributed by atoms with Gasteiger partial charge in [0.1, 0.15) is 11.6 Å². The van der Waals surface area contributed by atoms with Crippen molar-refractivity contribution in [3.05, 3.63) is 0 Å². The van der Waals surface area contributed by atoms with Gasteiger partial charge in [0.15, 0.2) is 5.79 Å². The smallest absolute Gasteiger partial charge is 0.411 e. The Hall–Kier alpha value is -1.25. The zero-order chi connectivity index (χ0) is 15.0. The number of likely N-dealkylation sites (tertiary alicyclic amines) is 1. The van der Waals surface area contributed by atoms with Crippen LogP contribution in [0.15, 0.2) is 0 Å². The van der Waals surface area contributed by atoms with E-state index < -0.39 is 11.4 Å². The molecule has 2 saturated heterocycles. The Balaban J connectivity index is 2.14. The number of carbonyl (C=O) groups is 1. The van der Waals surface area contributed by atoms with Gasteiger partial charge in [-0.3, -0.25) is 4.90 Å². The Labute approximate surface area is 120 Å². The summed E-state index contributed by atoms with van der Waals surface area (Å²) in [5.41, 5.74) is -0.536. The van der Waals surface area contributed by atoms with Crippen molar-refractivity contribution in [3.8, 4) is 12.3 Å². The van der Waals surface area contributed by atoms with Crippen LogP contribution in [0, 0.1) is 12.3 Å².